The van der Waals surface area contributed by atoms with Gasteiger partial charge < -0.3 is 9.47 Å². The van der Waals surface area contributed by atoms with Gasteiger partial charge in [-0.2, -0.15) is 0 Å². The molecule has 1 unspecified atom stereocenters. The van der Waals surface area contributed by atoms with Gasteiger partial charge in [-0.25, -0.2) is 15.6 Å². The number of nitrogens with two attached hydrogens (primary N) is 1. The molecule has 0 aliphatic carbocycles. The number of hydrazine groups is 1. The molecule has 2 N–H and O–H groups in total. The number of carbonyl (C=O) groups is 1. The molecular formula is C9H18N2O3. The van der Waals surface area contributed by atoms with Crippen LogP contribution in [-0.2, 0) is 9.47 Å². The zero-order valence-electron chi connectivity index (χ0n) is 8.95. The van der Waals surface area contributed by atoms with E-state index in [0.717, 1.165) is 11.4 Å². The van der Waals surface area contributed by atoms with Gasteiger partial charge in [-0.05, 0) is 27.2 Å². The number of hydrogen-bond donors (Lipinski definition) is 1. The van der Waals surface area contributed by atoms with E-state index in [9.17, 15) is 4.79 Å². The first-order valence-electron chi connectivity index (χ1n) is 4.75. The highest BCUT2D eigenvalue weighted by Gasteiger charge is 2.28. The molecule has 1 amide bonds. The van der Waals surface area contributed by atoms with Gasteiger partial charge in [0.15, 0.2) is 0 Å². The molecule has 1 rings (SSSR count). The van der Waals surface area contributed by atoms with E-state index in [-0.39, 0.29) is 6.04 Å². The molecule has 1 fully saturated rings. The first-order chi connectivity index (χ1) is 6.40. The first-order valence-corrected chi connectivity index (χ1v) is 4.75. The molecule has 5 heteroatoms. The minimum Gasteiger partial charge on any atom is -0.443 e. The summed E-state index contributed by atoms with van der Waals surface area (Å²) in [4.78, 5) is 11.5. The molecule has 1 aliphatic rings. The Morgan fingerprint density at radius 1 is 1.57 bits per heavy atom. The maximum Gasteiger partial charge on any atom is 0.424 e. The Balaban J connectivity index is 2.43. The summed E-state index contributed by atoms with van der Waals surface area (Å²) in [5, 5.41) is 1.12. The van der Waals surface area contributed by atoms with E-state index in [0.29, 0.717) is 13.2 Å². The lowest BCUT2D eigenvalue weighted by atomic mass is 10.2. The number of ether oxygens (including phenoxy) is 2. The van der Waals surface area contributed by atoms with E-state index in [2.05, 4.69) is 0 Å². The lowest BCUT2D eigenvalue weighted by Gasteiger charge is -2.27. The fraction of sp³-hybridized carbons (Fsp3) is 0.889. The van der Waals surface area contributed by atoms with E-state index in [1.54, 1.807) is 0 Å². The Hall–Kier alpha value is -0.810. The Morgan fingerprint density at radius 2 is 2.21 bits per heavy atom. The Morgan fingerprint density at radius 3 is 2.64 bits per heavy atom. The quantitative estimate of drug-likeness (QED) is 0.389. The van der Waals surface area contributed by atoms with Gasteiger partial charge in [0.1, 0.15) is 5.60 Å². The van der Waals surface area contributed by atoms with E-state index in [4.69, 9.17) is 15.3 Å². The van der Waals surface area contributed by atoms with Crippen molar-refractivity contribution in [1.29, 1.82) is 0 Å². The summed E-state index contributed by atoms with van der Waals surface area (Å²) in [6.07, 6.45) is 0.281. The van der Waals surface area contributed by atoms with Gasteiger partial charge in [0, 0.05) is 6.61 Å². The lowest BCUT2D eigenvalue weighted by molar-refractivity contribution is 0.0144. The van der Waals surface area contributed by atoms with E-state index in [1.807, 2.05) is 20.8 Å². The molecular weight excluding hydrogens is 184 g/mol. The normalized spacial score (nSPS) is 22.1. The van der Waals surface area contributed by atoms with E-state index >= 15 is 0 Å². The molecule has 14 heavy (non-hydrogen) atoms. The van der Waals surface area contributed by atoms with Crippen LogP contribution in [0.15, 0.2) is 0 Å². The van der Waals surface area contributed by atoms with Crippen LogP contribution in [0.2, 0.25) is 0 Å². The fourth-order valence-electron chi connectivity index (χ4n) is 1.21. The molecule has 1 aliphatic heterocycles. The van der Waals surface area contributed by atoms with E-state index < -0.39 is 11.7 Å². The van der Waals surface area contributed by atoms with Crippen LogP contribution in [0.5, 0.6) is 0 Å². The van der Waals surface area contributed by atoms with Crippen LogP contribution in [0.1, 0.15) is 27.2 Å². The highest BCUT2D eigenvalue weighted by atomic mass is 16.6. The third-order valence-electron chi connectivity index (χ3n) is 1.90. The molecule has 1 saturated heterocycles. The molecule has 0 aromatic heterocycles. The van der Waals surface area contributed by atoms with Crippen molar-refractivity contribution in [1.82, 2.24) is 5.01 Å². The summed E-state index contributed by atoms with van der Waals surface area (Å²) in [6.45, 7) is 6.58. The van der Waals surface area contributed by atoms with Gasteiger partial charge in [-0.3, -0.25) is 0 Å². The van der Waals surface area contributed by atoms with Crippen molar-refractivity contribution in [2.75, 3.05) is 13.2 Å². The summed E-state index contributed by atoms with van der Waals surface area (Å²) in [5.41, 5.74) is -0.506. The van der Waals surface area contributed by atoms with Crippen molar-refractivity contribution in [2.45, 2.75) is 38.8 Å². The lowest BCUT2D eigenvalue weighted by Crippen LogP contribution is -2.48. The van der Waals surface area contributed by atoms with Crippen LogP contribution in [0.3, 0.4) is 0 Å². The van der Waals surface area contributed by atoms with Crippen molar-refractivity contribution in [3.05, 3.63) is 0 Å². The number of hydrogen-bond acceptors (Lipinski definition) is 4. The second kappa shape index (κ2) is 4.14. The minimum absolute atomic E-state index is 0.0511. The van der Waals surface area contributed by atoms with Crippen LogP contribution < -0.4 is 5.84 Å². The third-order valence-corrected chi connectivity index (χ3v) is 1.90. The number of rotatable bonds is 1. The van der Waals surface area contributed by atoms with Gasteiger partial charge in [0.25, 0.3) is 0 Å². The maximum absolute atomic E-state index is 11.5. The zero-order chi connectivity index (χ0) is 10.8. The highest BCUT2D eigenvalue weighted by Crippen LogP contribution is 2.13. The molecule has 0 saturated carbocycles. The molecule has 1 atom stereocenters. The monoisotopic (exact) mass is 202 g/mol. The molecule has 5 nitrogen and oxygen atoms in total. The number of carbonyl (C=O) groups excluding carboxylic acids is 1. The minimum atomic E-state index is -0.506. The first kappa shape index (κ1) is 11.3. The molecule has 0 aromatic rings. The molecule has 1 heterocycles. The average Bonchev–Trinajstić information content (AvgIpc) is 2.51. The van der Waals surface area contributed by atoms with Gasteiger partial charge in [-0.1, -0.05) is 0 Å². The topological polar surface area (TPSA) is 64.8 Å². The molecule has 0 bridgehead atoms. The Labute approximate surface area is 84.1 Å². The summed E-state index contributed by atoms with van der Waals surface area (Å²) >= 11 is 0. The highest BCUT2D eigenvalue weighted by molar-refractivity contribution is 5.67. The number of amides is 1. The van der Waals surface area contributed by atoms with Gasteiger partial charge in [0.2, 0.25) is 0 Å². The summed E-state index contributed by atoms with van der Waals surface area (Å²) < 4.78 is 10.2. The molecule has 0 aromatic carbocycles. The fourth-order valence-corrected chi connectivity index (χ4v) is 1.21. The molecule has 0 radical (unpaired) electrons. The summed E-state index contributed by atoms with van der Waals surface area (Å²) in [5.74, 6) is 5.61. The van der Waals surface area contributed by atoms with E-state index in [1.165, 1.54) is 0 Å². The zero-order valence-corrected chi connectivity index (χ0v) is 8.95. The smallest absolute Gasteiger partial charge is 0.424 e. The number of nitrogens with zero attached hydrogens (tertiary/aromatic N) is 1. The average molecular weight is 202 g/mol. The maximum atomic E-state index is 11.5. The standard InChI is InChI=1S/C9H18N2O3/c1-9(2,3)14-8(12)11(10)7-4-5-13-6-7/h7H,4-6,10H2,1-3H3. The second-order valence-corrected chi connectivity index (χ2v) is 4.41. The van der Waals surface area contributed by atoms with Crippen LogP contribution >= 0.6 is 0 Å². The van der Waals surface area contributed by atoms with Crippen LogP contribution in [0.25, 0.3) is 0 Å². The van der Waals surface area contributed by atoms with Gasteiger partial charge in [0.05, 0.1) is 12.6 Å². The predicted molar refractivity (Wildman–Crippen MR) is 51.5 cm³/mol. The van der Waals surface area contributed by atoms with Gasteiger partial charge >= 0.3 is 6.09 Å². The molecule has 82 valence electrons. The predicted octanol–water partition coefficient (Wildman–Crippen LogP) is 0.886. The van der Waals surface area contributed by atoms with Crippen LogP contribution in [0, 0.1) is 0 Å². The molecule has 0 spiro atoms. The van der Waals surface area contributed by atoms with Gasteiger partial charge in [-0.15, -0.1) is 0 Å². The van der Waals surface area contributed by atoms with Crippen molar-refractivity contribution < 1.29 is 14.3 Å². The Bertz CT molecular complexity index is 207. The van der Waals surface area contributed by atoms with Crippen molar-refractivity contribution in [3.8, 4) is 0 Å². The van der Waals surface area contributed by atoms with Crippen molar-refractivity contribution in [2.24, 2.45) is 5.84 Å². The largest absolute Gasteiger partial charge is 0.443 e. The van der Waals surface area contributed by atoms with Crippen molar-refractivity contribution in [3.63, 3.8) is 0 Å². The summed E-state index contributed by atoms with van der Waals surface area (Å²) in [7, 11) is 0. The summed E-state index contributed by atoms with van der Waals surface area (Å²) in [6, 6.07) is -0.0511. The Kier molecular flexibility index (Phi) is 3.34. The second-order valence-electron chi connectivity index (χ2n) is 4.41. The SMILES string of the molecule is CC(C)(C)OC(=O)N(N)C1CCOC1. The van der Waals surface area contributed by atoms with Crippen LogP contribution in [-0.4, -0.2) is 36.0 Å². The van der Waals surface area contributed by atoms with Crippen LogP contribution in [0.4, 0.5) is 4.79 Å². The van der Waals surface area contributed by atoms with Crippen molar-refractivity contribution >= 4 is 6.09 Å². The third kappa shape index (κ3) is 3.16.